The molecular weight excluding hydrogens is 542 g/mol. The average Bonchev–Trinajstić information content (AvgIpc) is 2.87. The highest BCUT2D eigenvalue weighted by molar-refractivity contribution is 5.83. The molecule has 1 saturated heterocycles. The van der Waals surface area contributed by atoms with Crippen molar-refractivity contribution in [3.05, 3.63) is 35.4 Å². The van der Waals surface area contributed by atoms with E-state index < -0.39 is 72.3 Å². The number of ether oxygens (including phenoxy) is 6. The van der Waals surface area contributed by atoms with Gasteiger partial charge in [-0.15, -0.1) is 0 Å². The van der Waals surface area contributed by atoms with E-state index in [0.717, 1.165) is 20.8 Å². The zero-order chi connectivity index (χ0) is 30.7. The summed E-state index contributed by atoms with van der Waals surface area (Å²) >= 11 is 0. The van der Waals surface area contributed by atoms with Crippen molar-refractivity contribution < 1.29 is 57.2 Å². The molecule has 1 aliphatic rings. The maximum Gasteiger partial charge on any atom is 0.328 e. The molecule has 41 heavy (non-hydrogen) atoms. The Balaban J connectivity index is 2.47. The number of rotatable bonds is 9. The summed E-state index contributed by atoms with van der Waals surface area (Å²) in [5.41, 5.74) is 1.13. The van der Waals surface area contributed by atoms with Crippen LogP contribution >= 0.6 is 0 Å². The van der Waals surface area contributed by atoms with Gasteiger partial charge in [0.2, 0.25) is 5.91 Å². The van der Waals surface area contributed by atoms with E-state index in [2.05, 4.69) is 17.2 Å². The van der Waals surface area contributed by atoms with Crippen molar-refractivity contribution in [1.82, 2.24) is 5.32 Å². The first-order valence-corrected chi connectivity index (χ1v) is 12.6. The van der Waals surface area contributed by atoms with E-state index in [9.17, 15) is 28.8 Å². The van der Waals surface area contributed by atoms with Crippen LogP contribution in [0, 0.1) is 11.8 Å². The van der Waals surface area contributed by atoms with Gasteiger partial charge in [0.1, 0.15) is 18.8 Å². The lowest BCUT2D eigenvalue weighted by atomic mass is 9.94. The molecule has 13 heteroatoms. The van der Waals surface area contributed by atoms with Gasteiger partial charge in [0, 0.05) is 46.6 Å². The first-order chi connectivity index (χ1) is 19.3. The second-order valence-electron chi connectivity index (χ2n) is 9.07. The third kappa shape index (κ3) is 10.6. The van der Waals surface area contributed by atoms with E-state index >= 15 is 0 Å². The summed E-state index contributed by atoms with van der Waals surface area (Å²) in [7, 11) is 1.21. The Labute approximate surface area is 237 Å². The lowest BCUT2D eigenvalue weighted by Gasteiger charge is -2.42. The van der Waals surface area contributed by atoms with Crippen LogP contribution in [-0.2, 0) is 63.6 Å². The van der Waals surface area contributed by atoms with Crippen molar-refractivity contribution in [2.75, 3.05) is 13.7 Å². The van der Waals surface area contributed by atoms with Gasteiger partial charge in [-0.1, -0.05) is 24.0 Å². The molecule has 13 nitrogen and oxygen atoms in total. The van der Waals surface area contributed by atoms with Crippen molar-refractivity contribution in [3.8, 4) is 11.8 Å². The fourth-order valence-electron chi connectivity index (χ4n) is 4.09. The van der Waals surface area contributed by atoms with Crippen LogP contribution in [0.25, 0.3) is 0 Å². The number of carbonyl (C=O) groups is 6. The summed E-state index contributed by atoms with van der Waals surface area (Å²) in [5.74, 6) is 1.87. The van der Waals surface area contributed by atoms with Gasteiger partial charge in [-0.2, -0.15) is 0 Å². The third-order valence-electron chi connectivity index (χ3n) is 5.58. The molecule has 0 spiro atoms. The summed E-state index contributed by atoms with van der Waals surface area (Å²) < 4.78 is 32.0. The first kappa shape index (κ1) is 32.8. The van der Waals surface area contributed by atoms with Crippen molar-refractivity contribution >= 4 is 35.8 Å². The van der Waals surface area contributed by atoms with Crippen molar-refractivity contribution in [3.63, 3.8) is 0 Å². The highest BCUT2D eigenvalue weighted by atomic mass is 16.7. The van der Waals surface area contributed by atoms with Crippen LogP contribution in [0.5, 0.6) is 0 Å². The normalized spacial score (nSPS) is 22.0. The molecule has 0 bridgehead atoms. The smallest absolute Gasteiger partial charge is 0.328 e. The van der Waals surface area contributed by atoms with Crippen LogP contribution in [0.4, 0.5) is 0 Å². The van der Waals surface area contributed by atoms with Gasteiger partial charge >= 0.3 is 29.8 Å². The Kier molecular flexibility index (Phi) is 12.3. The Morgan fingerprint density at radius 1 is 0.878 bits per heavy atom. The lowest BCUT2D eigenvalue weighted by molar-refractivity contribution is -0.242. The van der Waals surface area contributed by atoms with Gasteiger partial charge < -0.3 is 33.7 Å². The maximum absolute atomic E-state index is 12.1. The number of benzene rings is 1. The van der Waals surface area contributed by atoms with Crippen LogP contribution in [0.15, 0.2) is 24.3 Å². The van der Waals surface area contributed by atoms with E-state index in [1.165, 1.54) is 21.0 Å². The lowest BCUT2D eigenvalue weighted by Crippen LogP contribution is -2.62. The van der Waals surface area contributed by atoms with Crippen LogP contribution in [-0.4, -0.2) is 86.0 Å². The highest BCUT2D eigenvalue weighted by Gasteiger charge is 2.51. The molecule has 0 radical (unpaired) electrons. The van der Waals surface area contributed by atoms with Gasteiger partial charge in [0.15, 0.2) is 24.4 Å². The van der Waals surface area contributed by atoms with Crippen molar-refractivity contribution in [2.24, 2.45) is 0 Å². The van der Waals surface area contributed by atoms with E-state index in [1.54, 1.807) is 24.3 Å². The minimum atomic E-state index is -1.33. The van der Waals surface area contributed by atoms with Crippen LogP contribution in [0.3, 0.4) is 0 Å². The topological polar surface area (TPSA) is 170 Å². The Morgan fingerprint density at radius 3 is 2.05 bits per heavy atom. The molecule has 1 unspecified atom stereocenters. The monoisotopic (exact) mass is 575 g/mol. The molecule has 1 N–H and O–H groups in total. The second-order valence-corrected chi connectivity index (χ2v) is 9.07. The molecule has 0 saturated carbocycles. The summed E-state index contributed by atoms with van der Waals surface area (Å²) in [4.78, 5) is 70.9. The Morgan fingerprint density at radius 2 is 1.49 bits per heavy atom. The number of esters is 5. The number of carbonyl (C=O) groups excluding carboxylic acids is 6. The number of amides is 1. The zero-order valence-corrected chi connectivity index (χ0v) is 23.6. The molecule has 2 rings (SSSR count). The predicted molar refractivity (Wildman–Crippen MR) is 139 cm³/mol. The van der Waals surface area contributed by atoms with Crippen LogP contribution in [0.2, 0.25) is 0 Å². The molecule has 0 aliphatic carbocycles. The third-order valence-corrected chi connectivity index (χ3v) is 5.58. The van der Waals surface area contributed by atoms with E-state index in [0.29, 0.717) is 11.1 Å². The first-order valence-electron chi connectivity index (χ1n) is 12.6. The van der Waals surface area contributed by atoms with Gasteiger partial charge in [0.05, 0.1) is 7.11 Å². The van der Waals surface area contributed by atoms with E-state index in [1.807, 2.05) is 0 Å². The Hall–Kier alpha value is -4.44. The molecule has 222 valence electrons. The average molecular weight is 576 g/mol. The number of nitrogens with one attached hydrogen (secondary N) is 1. The summed E-state index contributed by atoms with van der Waals surface area (Å²) in [5, 5.41) is 2.54. The predicted octanol–water partition coefficient (Wildman–Crippen LogP) is 0.384. The van der Waals surface area contributed by atoms with Gasteiger partial charge in [-0.3, -0.25) is 24.0 Å². The fourth-order valence-corrected chi connectivity index (χ4v) is 4.09. The largest absolute Gasteiger partial charge is 0.467 e. The molecule has 1 amide bonds. The Bertz CT molecular complexity index is 1220. The van der Waals surface area contributed by atoms with Crippen LogP contribution < -0.4 is 5.32 Å². The number of hydrogen-bond acceptors (Lipinski definition) is 12. The molecular formula is C28H33NO12. The van der Waals surface area contributed by atoms with Crippen LogP contribution in [0.1, 0.15) is 45.7 Å². The summed E-state index contributed by atoms with van der Waals surface area (Å²) in [6, 6.07) is 5.86. The molecule has 1 fully saturated rings. The molecule has 1 aliphatic heterocycles. The van der Waals surface area contributed by atoms with Gasteiger partial charge in [-0.25, -0.2) is 4.79 Å². The molecule has 6 atom stereocenters. The number of methoxy groups -OCH3 is 1. The van der Waals surface area contributed by atoms with Gasteiger partial charge in [-0.05, 0) is 17.7 Å². The van der Waals surface area contributed by atoms with Gasteiger partial charge in [0.25, 0.3) is 0 Å². The summed E-state index contributed by atoms with van der Waals surface area (Å²) in [6.45, 7) is 5.48. The fraction of sp³-hybridized carbons (Fsp3) is 0.500. The minimum Gasteiger partial charge on any atom is -0.467 e. The highest BCUT2D eigenvalue weighted by Crippen LogP contribution is 2.29. The van der Waals surface area contributed by atoms with Crippen molar-refractivity contribution in [2.45, 2.75) is 77.6 Å². The molecule has 1 heterocycles. The maximum atomic E-state index is 12.1. The zero-order valence-electron chi connectivity index (χ0n) is 23.6. The number of hydrogen-bond donors (Lipinski definition) is 1. The van der Waals surface area contributed by atoms with Crippen molar-refractivity contribution in [1.29, 1.82) is 0 Å². The quantitative estimate of drug-likeness (QED) is 0.244. The SMILES string of the molecule is COC(=O)C(Cc1cccc(C#C[C@@H]2O[C@H](COC(C)=O)[C@H](OC(C)=O)[C@H](OC(C)=O)[C@H]2OC(C)=O)c1)NC(C)=O. The van der Waals surface area contributed by atoms with E-state index in [4.69, 9.17) is 28.4 Å². The standard InChI is InChI=1S/C28H33NO12/c1-15(30)29-22(28(35)36-6)13-21-9-7-8-20(12-21)10-11-23-25(38-17(3)32)27(40-19(5)34)26(39-18(4)33)24(41-23)14-37-16(2)31/h7-9,12,22-27H,13-14H2,1-6H3,(H,29,30)/t22?,23-,24+,25-,26-,27+/m0/s1. The second kappa shape index (κ2) is 15.4. The van der Waals surface area contributed by atoms with E-state index in [-0.39, 0.29) is 13.0 Å². The molecule has 0 aromatic heterocycles. The molecule has 1 aromatic carbocycles. The molecule has 1 aromatic rings. The minimum absolute atomic E-state index is 0.126. The summed E-state index contributed by atoms with van der Waals surface area (Å²) in [6.07, 6.45) is -6.14.